The normalized spacial score (nSPS) is 19.1. The van der Waals surface area contributed by atoms with Crippen LogP contribution >= 0.6 is 0 Å². The number of hydrogen-bond donors (Lipinski definition) is 0. The molecule has 1 unspecified atom stereocenters. The SMILES string of the molecule is COC1C=CC=C2Oc3ncccc3C(=C=CC=O)C=C21. The van der Waals surface area contributed by atoms with Crippen molar-refractivity contribution in [2.45, 2.75) is 6.10 Å². The van der Waals surface area contributed by atoms with Gasteiger partial charge in [-0.15, -0.1) is 5.73 Å². The summed E-state index contributed by atoms with van der Waals surface area (Å²) < 4.78 is 11.3. The predicted molar refractivity (Wildman–Crippen MR) is 78.5 cm³/mol. The number of rotatable bonds is 2. The Hall–Kier alpha value is -2.68. The van der Waals surface area contributed by atoms with Crippen LogP contribution in [-0.2, 0) is 9.53 Å². The van der Waals surface area contributed by atoms with Crippen LogP contribution in [0.3, 0.4) is 0 Å². The smallest absolute Gasteiger partial charge is 0.227 e. The number of pyridine rings is 1. The van der Waals surface area contributed by atoms with E-state index in [4.69, 9.17) is 9.47 Å². The second-order valence-electron chi connectivity index (χ2n) is 4.49. The summed E-state index contributed by atoms with van der Waals surface area (Å²) in [4.78, 5) is 14.9. The number of methoxy groups -OCH3 is 1. The minimum Gasteiger partial charge on any atom is -0.438 e. The first-order valence-electron chi connectivity index (χ1n) is 6.50. The van der Waals surface area contributed by atoms with Crippen molar-refractivity contribution in [2.24, 2.45) is 0 Å². The number of carbonyl (C=O) groups is 1. The Morgan fingerprint density at radius 1 is 1.48 bits per heavy atom. The third-order valence-electron chi connectivity index (χ3n) is 3.25. The second-order valence-corrected chi connectivity index (χ2v) is 4.49. The molecule has 0 saturated heterocycles. The first-order valence-corrected chi connectivity index (χ1v) is 6.50. The van der Waals surface area contributed by atoms with E-state index in [0.29, 0.717) is 17.9 Å². The molecule has 1 aromatic heterocycles. The van der Waals surface area contributed by atoms with Gasteiger partial charge in [-0.1, -0.05) is 12.2 Å². The van der Waals surface area contributed by atoms with Crippen molar-refractivity contribution in [1.29, 1.82) is 0 Å². The van der Waals surface area contributed by atoms with Gasteiger partial charge in [-0.25, -0.2) is 4.98 Å². The molecule has 0 amide bonds. The molecule has 0 fully saturated rings. The molecule has 2 heterocycles. The summed E-state index contributed by atoms with van der Waals surface area (Å²) in [5, 5.41) is 0. The molecule has 1 atom stereocenters. The quantitative estimate of drug-likeness (QED) is 0.474. The van der Waals surface area contributed by atoms with E-state index in [1.807, 2.05) is 36.4 Å². The number of aldehydes is 1. The predicted octanol–water partition coefficient (Wildman–Crippen LogP) is 2.61. The Labute approximate surface area is 122 Å². The minimum atomic E-state index is -0.202. The zero-order chi connectivity index (χ0) is 14.7. The fourth-order valence-electron chi connectivity index (χ4n) is 2.29. The summed E-state index contributed by atoms with van der Waals surface area (Å²) in [6, 6.07) is 3.70. The van der Waals surface area contributed by atoms with Gasteiger partial charge in [0.15, 0.2) is 6.29 Å². The van der Waals surface area contributed by atoms with E-state index in [-0.39, 0.29) is 6.10 Å². The molecule has 4 heteroatoms. The molecular formula is C17H13NO3. The van der Waals surface area contributed by atoms with Gasteiger partial charge in [0.25, 0.3) is 0 Å². The van der Waals surface area contributed by atoms with Crippen molar-refractivity contribution in [3.8, 4) is 5.88 Å². The van der Waals surface area contributed by atoms with Crippen molar-refractivity contribution in [1.82, 2.24) is 4.98 Å². The van der Waals surface area contributed by atoms with Crippen LogP contribution < -0.4 is 4.74 Å². The van der Waals surface area contributed by atoms with Crippen molar-refractivity contribution in [3.05, 3.63) is 71.3 Å². The van der Waals surface area contributed by atoms with E-state index in [9.17, 15) is 4.79 Å². The van der Waals surface area contributed by atoms with Crippen LogP contribution in [0.15, 0.2) is 65.8 Å². The van der Waals surface area contributed by atoms with Gasteiger partial charge in [0.05, 0.1) is 5.56 Å². The molecule has 1 aliphatic heterocycles. The van der Waals surface area contributed by atoms with Crippen molar-refractivity contribution >= 4 is 11.9 Å². The van der Waals surface area contributed by atoms with E-state index in [1.165, 1.54) is 6.08 Å². The van der Waals surface area contributed by atoms with Crippen LogP contribution in [0, 0.1) is 0 Å². The van der Waals surface area contributed by atoms with Crippen LogP contribution in [0.5, 0.6) is 5.88 Å². The standard InChI is InChI=1S/C17H13NO3/c1-20-15-7-2-8-16-14(15)11-12(5-4-10-19)13-6-3-9-18-17(13)21-16/h2-4,6-11,15H,1H3. The lowest BCUT2D eigenvalue weighted by molar-refractivity contribution is -0.104. The van der Waals surface area contributed by atoms with Gasteiger partial charge in [-0.05, 0) is 24.3 Å². The second kappa shape index (κ2) is 5.75. The van der Waals surface area contributed by atoms with Crippen molar-refractivity contribution < 1.29 is 14.3 Å². The van der Waals surface area contributed by atoms with Crippen LogP contribution in [0.1, 0.15) is 5.56 Å². The Morgan fingerprint density at radius 3 is 3.19 bits per heavy atom. The monoisotopic (exact) mass is 279 g/mol. The zero-order valence-corrected chi connectivity index (χ0v) is 11.4. The zero-order valence-electron chi connectivity index (χ0n) is 11.4. The average Bonchev–Trinajstić information content (AvgIpc) is 2.68. The molecule has 0 aromatic carbocycles. The summed E-state index contributed by atoms with van der Waals surface area (Å²) >= 11 is 0. The number of allylic oxidation sites excluding steroid dienone is 4. The lowest BCUT2D eigenvalue weighted by atomic mass is 9.98. The molecule has 1 aliphatic carbocycles. The van der Waals surface area contributed by atoms with Gasteiger partial charge in [-0.2, -0.15) is 0 Å². The number of hydrogen-bond acceptors (Lipinski definition) is 4. The van der Waals surface area contributed by atoms with Crippen LogP contribution in [0.4, 0.5) is 0 Å². The van der Waals surface area contributed by atoms with Gasteiger partial charge in [-0.3, -0.25) is 4.79 Å². The van der Waals surface area contributed by atoms with Crippen molar-refractivity contribution in [2.75, 3.05) is 7.11 Å². The first-order chi connectivity index (χ1) is 10.3. The number of aromatic nitrogens is 1. The Balaban J connectivity index is 2.22. The fourth-order valence-corrected chi connectivity index (χ4v) is 2.29. The maximum absolute atomic E-state index is 10.6. The molecule has 0 radical (unpaired) electrons. The average molecular weight is 279 g/mol. The molecule has 2 aliphatic rings. The number of fused-ring (bicyclic) bond motifs is 2. The highest BCUT2D eigenvalue weighted by Crippen LogP contribution is 2.35. The first kappa shape index (κ1) is 13.3. The molecule has 104 valence electrons. The fraction of sp³-hybridized carbons (Fsp3) is 0.118. The highest BCUT2D eigenvalue weighted by molar-refractivity contribution is 5.81. The summed E-state index contributed by atoms with van der Waals surface area (Å²) in [6.07, 6.45) is 11.1. The molecule has 0 saturated carbocycles. The summed E-state index contributed by atoms with van der Waals surface area (Å²) in [5.74, 6) is 1.18. The maximum atomic E-state index is 10.6. The number of ether oxygens (including phenoxy) is 2. The Kier molecular flexibility index (Phi) is 3.65. The number of carbonyl (C=O) groups excluding carboxylic acids is 1. The number of nitrogens with zero attached hydrogens (tertiary/aromatic N) is 1. The van der Waals surface area contributed by atoms with E-state index in [0.717, 1.165) is 16.7 Å². The van der Waals surface area contributed by atoms with Gasteiger partial charge >= 0.3 is 0 Å². The molecule has 4 nitrogen and oxygen atoms in total. The summed E-state index contributed by atoms with van der Waals surface area (Å²) in [6.45, 7) is 0. The van der Waals surface area contributed by atoms with E-state index in [1.54, 1.807) is 13.3 Å². The largest absolute Gasteiger partial charge is 0.438 e. The van der Waals surface area contributed by atoms with Gasteiger partial charge in [0.2, 0.25) is 5.88 Å². The van der Waals surface area contributed by atoms with Gasteiger partial charge in [0, 0.05) is 30.5 Å². The van der Waals surface area contributed by atoms with Gasteiger partial charge < -0.3 is 9.47 Å². The summed E-state index contributed by atoms with van der Waals surface area (Å²) in [7, 11) is 1.64. The molecular weight excluding hydrogens is 266 g/mol. The van der Waals surface area contributed by atoms with E-state index >= 15 is 0 Å². The topological polar surface area (TPSA) is 48.4 Å². The third-order valence-corrected chi connectivity index (χ3v) is 3.25. The molecule has 0 bridgehead atoms. The van der Waals surface area contributed by atoms with Gasteiger partial charge in [0.1, 0.15) is 11.9 Å². The molecule has 1 aromatic rings. The van der Waals surface area contributed by atoms with E-state index < -0.39 is 0 Å². The lowest BCUT2D eigenvalue weighted by Gasteiger charge is -2.19. The molecule has 3 rings (SSSR count). The van der Waals surface area contributed by atoms with Crippen LogP contribution in [-0.4, -0.2) is 24.5 Å². The highest BCUT2D eigenvalue weighted by Gasteiger charge is 2.25. The Morgan fingerprint density at radius 2 is 2.38 bits per heavy atom. The lowest BCUT2D eigenvalue weighted by Crippen LogP contribution is -2.17. The highest BCUT2D eigenvalue weighted by atomic mass is 16.5. The molecule has 21 heavy (non-hydrogen) atoms. The maximum Gasteiger partial charge on any atom is 0.227 e. The summed E-state index contributed by atoms with van der Waals surface area (Å²) in [5.41, 5.74) is 5.36. The third kappa shape index (κ3) is 2.50. The molecule has 0 spiro atoms. The minimum absolute atomic E-state index is 0.202. The van der Waals surface area contributed by atoms with E-state index in [2.05, 4.69) is 10.7 Å². The van der Waals surface area contributed by atoms with Crippen molar-refractivity contribution in [3.63, 3.8) is 0 Å². The Bertz CT molecular complexity index is 734. The van der Waals surface area contributed by atoms with Crippen LogP contribution in [0.25, 0.3) is 5.57 Å². The molecule has 0 N–H and O–H groups in total. The van der Waals surface area contributed by atoms with Crippen LogP contribution in [0.2, 0.25) is 0 Å².